The summed E-state index contributed by atoms with van der Waals surface area (Å²) in [4.78, 5) is 14.5. The van der Waals surface area contributed by atoms with Crippen molar-refractivity contribution in [2.45, 2.75) is 45.6 Å². The van der Waals surface area contributed by atoms with Crippen molar-refractivity contribution in [3.8, 4) is 0 Å². The molecule has 1 heterocycles. The van der Waals surface area contributed by atoms with Gasteiger partial charge in [0.2, 0.25) is 5.91 Å². The number of hydrogen-bond acceptors (Lipinski definition) is 3. The van der Waals surface area contributed by atoms with Crippen LogP contribution in [0.2, 0.25) is 0 Å². The summed E-state index contributed by atoms with van der Waals surface area (Å²) in [5.41, 5.74) is 7.84. The number of hydrogen-bond donors (Lipinski definition) is 2. The van der Waals surface area contributed by atoms with Crippen molar-refractivity contribution in [1.82, 2.24) is 0 Å². The van der Waals surface area contributed by atoms with Gasteiger partial charge in [0.05, 0.1) is 5.92 Å². The molecule has 4 nitrogen and oxygen atoms in total. The van der Waals surface area contributed by atoms with E-state index < -0.39 is 0 Å². The fraction of sp³-hybridized carbons (Fsp3) is 0.588. The van der Waals surface area contributed by atoms with Gasteiger partial charge in [-0.15, -0.1) is 0 Å². The van der Waals surface area contributed by atoms with Gasteiger partial charge in [-0.1, -0.05) is 25.8 Å². The van der Waals surface area contributed by atoms with Crippen LogP contribution in [0.5, 0.6) is 0 Å². The van der Waals surface area contributed by atoms with E-state index in [1.807, 2.05) is 26.0 Å². The summed E-state index contributed by atoms with van der Waals surface area (Å²) in [6.45, 7) is 5.93. The van der Waals surface area contributed by atoms with Gasteiger partial charge in [-0.2, -0.15) is 0 Å². The lowest BCUT2D eigenvalue weighted by Gasteiger charge is -2.23. The van der Waals surface area contributed by atoms with Crippen LogP contribution in [0.1, 0.15) is 39.5 Å². The maximum atomic E-state index is 12.1. The lowest BCUT2D eigenvalue weighted by atomic mass is 10.0. The van der Waals surface area contributed by atoms with Gasteiger partial charge in [-0.05, 0) is 38.0 Å². The van der Waals surface area contributed by atoms with Crippen LogP contribution in [0.25, 0.3) is 0 Å². The molecule has 116 valence electrons. The number of benzene rings is 1. The molecule has 1 fully saturated rings. The Balaban J connectivity index is 2.05. The van der Waals surface area contributed by atoms with E-state index in [1.54, 1.807) is 0 Å². The molecule has 0 saturated carbocycles. The summed E-state index contributed by atoms with van der Waals surface area (Å²) >= 11 is 0. The van der Waals surface area contributed by atoms with Crippen LogP contribution in [0.15, 0.2) is 24.3 Å². The van der Waals surface area contributed by atoms with E-state index in [0.717, 1.165) is 18.8 Å². The molecule has 1 aliphatic rings. The second-order valence-corrected chi connectivity index (χ2v) is 6.09. The summed E-state index contributed by atoms with van der Waals surface area (Å²) in [6, 6.07) is 7.99. The van der Waals surface area contributed by atoms with Gasteiger partial charge in [0.1, 0.15) is 0 Å². The zero-order chi connectivity index (χ0) is 15.2. The van der Waals surface area contributed by atoms with Crippen LogP contribution >= 0.6 is 0 Å². The van der Waals surface area contributed by atoms with E-state index in [4.69, 9.17) is 5.73 Å². The third-order valence-corrected chi connectivity index (χ3v) is 4.29. The Bertz CT molecular complexity index is 465. The molecule has 0 bridgehead atoms. The van der Waals surface area contributed by atoms with Gasteiger partial charge < -0.3 is 16.0 Å². The molecule has 3 N–H and O–H groups in total. The summed E-state index contributed by atoms with van der Waals surface area (Å²) in [5, 5.41) is 2.97. The molecule has 1 aliphatic heterocycles. The number of nitrogens with two attached hydrogens (primary N) is 1. The van der Waals surface area contributed by atoms with Gasteiger partial charge in [-0.25, -0.2) is 0 Å². The number of amides is 1. The predicted octanol–water partition coefficient (Wildman–Crippen LogP) is 2.99. The summed E-state index contributed by atoms with van der Waals surface area (Å²) in [6.07, 6.45) is 5.13. The SMILES string of the molecule is CC(N)C(C)C(=O)Nc1cccc(N2CCCCCC2)c1. The zero-order valence-electron chi connectivity index (χ0n) is 13.1. The van der Waals surface area contributed by atoms with Gasteiger partial charge in [0, 0.05) is 30.5 Å². The molecule has 0 spiro atoms. The highest BCUT2D eigenvalue weighted by atomic mass is 16.1. The van der Waals surface area contributed by atoms with E-state index in [0.29, 0.717) is 0 Å². The molecule has 0 aromatic heterocycles. The molecule has 2 unspecified atom stereocenters. The first kappa shape index (κ1) is 15.8. The topological polar surface area (TPSA) is 58.4 Å². The average Bonchev–Trinajstić information content (AvgIpc) is 2.75. The minimum Gasteiger partial charge on any atom is -0.371 e. The van der Waals surface area contributed by atoms with Crippen molar-refractivity contribution in [3.63, 3.8) is 0 Å². The predicted molar refractivity (Wildman–Crippen MR) is 88.6 cm³/mol. The molecule has 4 heteroatoms. The van der Waals surface area contributed by atoms with Crippen LogP contribution in [-0.2, 0) is 4.79 Å². The molecule has 0 radical (unpaired) electrons. The molecule has 2 atom stereocenters. The van der Waals surface area contributed by atoms with Crippen molar-refractivity contribution >= 4 is 17.3 Å². The van der Waals surface area contributed by atoms with E-state index >= 15 is 0 Å². The van der Waals surface area contributed by atoms with Gasteiger partial charge >= 0.3 is 0 Å². The second-order valence-electron chi connectivity index (χ2n) is 6.09. The Morgan fingerprint density at radius 1 is 1.19 bits per heavy atom. The lowest BCUT2D eigenvalue weighted by Crippen LogP contribution is -2.34. The number of carbonyl (C=O) groups is 1. The third-order valence-electron chi connectivity index (χ3n) is 4.29. The molecular formula is C17H27N3O. The van der Waals surface area contributed by atoms with Crippen molar-refractivity contribution in [1.29, 1.82) is 0 Å². The minimum absolute atomic E-state index is 0.0157. The number of carbonyl (C=O) groups excluding carboxylic acids is 1. The average molecular weight is 289 g/mol. The smallest absolute Gasteiger partial charge is 0.228 e. The summed E-state index contributed by atoms with van der Waals surface area (Å²) in [7, 11) is 0. The molecule has 21 heavy (non-hydrogen) atoms. The van der Waals surface area contributed by atoms with Crippen molar-refractivity contribution < 1.29 is 4.79 Å². The molecule has 1 saturated heterocycles. The van der Waals surface area contributed by atoms with Crippen molar-refractivity contribution in [3.05, 3.63) is 24.3 Å². The van der Waals surface area contributed by atoms with E-state index in [9.17, 15) is 4.79 Å². The highest BCUT2D eigenvalue weighted by Gasteiger charge is 2.17. The molecule has 1 aromatic rings. The van der Waals surface area contributed by atoms with E-state index in [2.05, 4.69) is 22.3 Å². The first-order valence-corrected chi connectivity index (χ1v) is 7.99. The maximum absolute atomic E-state index is 12.1. The highest BCUT2D eigenvalue weighted by Crippen LogP contribution is 2.23. The van der Waals surface area contributed by atoms with Crippen LogP contribution in [0.3, 0.4) is 0 Å². The standard InChI is InChI=1S/C17H27N3O/c1-13(14(2)18)17(21)19-15-8-7-9-16(12-15)20-10-5-3-4-6-11-20/h7-9,12-14H,3-6,10-11,18H2,1-2H3,(H,19,21). The van der Waals surface area contributed by atoms with Crippen LogP contribution < -0.4 is 16.0 Å². The molecule has 1 amide bonds. The normalized spacial score (nSPS) is 18.7. The second kappa shape index (κ2) is 7.46. The Morgan fingerprint density at radius 3 is 2.48 bits per heavy atom. The number of nitrogens with one attached hydrogen (secondary N) is 1. The number of rotatable bonds is 4. The quantitative estimate of drug-likeness (QED) is 0.896. The van der Waals surface area contributed by atoms with Crippen LogP contribution in [0.4, 0.5) is 11.4 Å². The minimum atomic E-state index is -0.188. The Kier molecular flexibility index (Phi) is 5.62. The largest absolute Gasteiger partial charge is 0.371 e. The van der Waals surface area contributed by atoms with Gasteiger partial charge in [0.25, 0.3) is 0 Å². The van der Waals surface area contributed by atoms with Crippen LogP contribution in [0, 0.1) is 5.92 Å². The first-order chi connectivity index (χ1) is 10.1. The van der Waals surface area contributed by atoms with Crippen LogP contribution in [-0.4, -0.2) is 25.0 Å². The van der Waals surface area contributed by atoms with E-state index in [1.165, 1.54) is 31.4 Å². The van der Waals surface area contributed by atoms with Crippen molar-refractivity contribution in [2.24, 2.45) is 11.7 Å². The van der Waals surface area contributed by atoms with E-state index in [-0.39, 0.29) is 17.9 Å². The Morgan fingerprint density at radius 2 is 1.86 bits per heavy atom. The summed E-state index contributed by atoms with van der Waals surface area (Å²) < 4.78 is 0. The fourth-order valence-corrected chi connectivity index (χ4v) is 2.60. The van der Waals surface area contributed by atoms with Gasteiger partial charge in [-0.3, -0.25) is 4.79 Å². The fourth-order valence-electron chi connectivity index (χ4n) is 2.60. The molecule has 2 rings (SSSR count). The van der Waals surface area contributed by atoms with Crippen molar-refractivity contribution in [2.75, 3.05) is 23.3 Å². The molecular weight excluding hydrogens is 262 g/mol. The van der Waals surface area contributed by atoms with Gasteiger partial charge in [0.15, 0.2) is 0 Å². The Hall–Kier alpha value is -1.55. The Labute approximate surface area is 127 Å². The maximum Gasteiger partial charge on any atom is 0.228 e. The third kappa shape index (κ3) is 4.46. The lowest BCUT2D eigenvalue weighted by molar-refractivity contribution is -0.119. The zero-order valence-corrected chi connectivity index (χ0v) is 13.1. The highest BCUT2D eigenvalue weighted by molar-refractivity contribution is 5.93. The monoisotopic (exact) mass is 289 g/mol. The first-order valence-electron chi connectivity index (χ1n) is 7.99. The molecule has 1 aromatic carbocycles. The number of anilines is 2. The summed E-state index contributed by atoms with van der Waals surface area (Å²) in [5.74, 6) is -0.204. The number of nitrogens with zero attached hydrogens (tertiary/aromatic N) is 1. The molecule has 0 aliphatic carbocycles.